The summed E-state index contributed by atoms with van der Waals surface area (Å²) in [6, 6.07) is 5.92. The van der Waals surface area contributed by atoms with Gasteiger partial charge in [-0.3, -0.25) is 14.0 Å². The number of likely N-dealkylation sites (tertiary alicyclic amines) is 1. The minimum absolute atomic E-state index is 0.139. The van der Waals surface area contributed by atoms with Gasteiger partial charge in [0.15, 0.2) is 5.79 Å². The van der Waals surface area contributed by atoms with Crippen LogP contribution in [0.1, 0.15) is 12.8 Å². The fourth-order valence-corrected chi connectivity index (χ4v) is 4.02. The highest BCUT2D eigenvalue weighted by Crippen LogP contribution is 2.31. The molecule has 0 saturated carbocycles. The van der Waals surface area contributed by atoms with Crippen LogP contribution in [0, 0.1) is 5.82 Å². The molecule has 0 bridgehead atoms. The SMILES string of the molecule is O=C(Cn1ncn2c(cc3cc(F)ccc32)c1=O)N1CCC2(CC1)OCCO2. The highest BCUT2D eigenvalue weighted by atomic mass is 19.1. The average molecular weight is 386 g/mol. The number of fused-ring (bicyclic) bond motifs is 3. The van der Waals surface area contributed by atoms with Crippen molar-refractivity contribution in [2.24, 2.45) is 0 Å². The normalized spacial score (nSPS) is 19.1. The van der Waals surface area contributed by atoms with E-state index in [1.54, 1.807) is 21.4 Å². The van der Waals surface area contributed by atoms with Gasteiger partial charge in [0.1, 0.15) is 24.2 Å². The summed E-state index contributed by atoms with van der Waals surface area (Å²) in [6.07, 6.45) is 2.72. The van der Waals surface area contributed by atoms with Crippen LogP contribution in [0.2, 0.25) is 0 Å². The van der Waals surface area contributed by atoms with E-state index in [4.69, 9.17) is 9.47 Å². The molecule has 1 amide bonds. The molecule has 28 heavy (non-hydrogen) atoms. The lowest BCUT2D eigenvalue weighted by molar-refractivity contribution is -0.187. The predicted octanol–water partition coefficient (Wildman–Crippen LogP) is 1.15. The summed E-state index contributed by atoms with van der Waals surface area (Å²) in [6.45, 7) is 2.07. The van der Waals surface area contributed by atoms with Crippen LogP contribution in [0.25, 0.3) is 16.4 Å². The van der Waals surface area contributed by atoms with Gasteiger partial charge in [-0.1, -0.05) is 0 Å². The number of hydrogen-bond donors (Lipinski definition) is 0. The van der Waals surface area contributed by atoms with Gasteiger partial charge in [-0.05, 0) is 24.3 Å². The third kappa shape index (κ3) is 2.78. The number of benzene rings is 1. The lowest BCUT2D eigenvalue weighted by Gasteiger charge is -2.37. The van der Waals surface area contributed by atoms with Crippen LogP contribution in [-0.4, -0.2) is 57.1 Å². The van der Waals surface area contributed by atoms with Crippen LogP contribution in [-0.2, 0) is 20.8 Å². The van der Waals surface area contributed by atoms with Gasteiger partial charge in [-0.2, -0.15) is 5.10 Å². The summed E-state index contributed by atoms with van der Waals surface area (Å²) in [5, 5.41) is 4.75. The molecule has 5 rings (SSSR count). The Morgan fingerprint density at radius 1 is 1.14 bits per heavy atom. The zero-order valence-electron chi connectivity index (χ0n) is 15.1. The van der Waals surface area contributed by atoms with Crippen molar-refractivity contribution in [1.82, 2.24) is 19.1 Å². The molecule has 0 N–H and O–H groups in total. The number of aromatic nitrogens is 3. The smallest absolute Gasteiger partial charge is 0.291 e. The van der Waals surface area contributed by atoms with Gasteiger partial charge < -0.3 is 14.4 Å². The van der Waals surface area contributed by atoms with Crippen LogP contribution < -0.4 is 5.56 Å². The number of ether oxygens (including phenoxy) is 2. The Bertz CT molecular complexity index is 1120. The number of amides is 1. The molecule has 0 unspecified atom stereocenters. The zero-order valence-corrected chi connectivity index (χ0v) is 15.1. The molecule has 1 spiro atoms. The summed E-state index contributed by atoms with van der Waals surface area (Å²) in [7, 11) is 0. The van der Waals surface area contributed by atoms with E-state index in [0.29, 0.717) is 55.6 Å². The van der Waals surface area contributed by atoms with E-state index in [1.807, 2.05) is 0 Å². The minimum Gasteiger partial charge on any atom is -0.347 e. The molecule has 0 atom stereocenters. The molecule has 2 aliphatic heterocycles. The topological polar surface area (TPSA) is 78.1 Å². The van der Waals surface area contributed by atoms with Crippen molar-refractivity contribution in [2.75, 3.05) is 26.3 Å². The summed E-state index contributed by atoms with van der Waals surface area (Å²) in [5.41, 5.74) is 0.662. The molecule has 2 saturated heterocycles. The first-order valence-corrected chi connectivity index (χ1v) is 9.27. The third-order valence-electron chi connectivity index (χ3n) is 5.54. The number of halogens is 1. The Hall–Kier alpha value is -2.78. The first kappa shape index (κ1) is 17.3. The van der Waals surface area contributed by atoms with Crippen molar-refractivity contribution in [1.29, 1.82) is 0 Å². The highest BCUT2D eigenvalue weighted by molar-refractivity contribution is 5.86. The lowest BCUT2D eigenvalue weighted by atomic mass is 10.0. The Kier molecular flexibility index (Phi) is 3.95. The van der Waals surface area contributed by atoms with E-state index in [1.165, 1.54) is 18.5 Å². The van der Waals surface area contributed by atoms with E-state index in [2.05, 4.69) is 5.10 Å². The van der Waals surface area contributed by atoms with Crippen molar-refractivity contribution in [3.05, 3.63) is 46.8 Å². The number of piperidine rings is 1. The molecule has 2 aliphatic rings. The van der Waals surface area contributed by atoms with Crippen LogP contribution in [0.3, 0.4) is 0 Å². The Balaban J connectivity index is 1.37. The second kappa shape index (κ2) is 6.39. The molecule has 1 aromatic carbocycles. The molecular formula is C19H19FN4O4. The molecule has 2 fully saturated rings. The summed E-state index contributed by atoms with van der Waals surface area (Å²) < 4.78 is 27.6. The van der Waals surface area contributed by atoms with Gasteiger partial charge in [0.05, 0.1) is 18.7 Å². The van der Waals surface area contributed by atoms with Crippen molar-refractivity contribution in [3.63, 3.8) is 0 Å². The molecule has 0 radical (unpaired) electrons. The van der Waals surface area contributed by atoms with E-state index in [-0.39, 0.29) is 23.8 Å². The zero-order chi connectivity index (χ0) is 19.3. The Labute approximate surface area is 159 Å². The molecule has 146 valence electrons. The maximum absolute atomic E-state index is 13.5. The third-order valence-corrected chi connectivity index (χ3v) is 5.54. The van der Waals surface area contributed by atoms with Crippen molar-refractivity contribution in [3.8, 4) is 0 Å². The Morgan fingerprint density at radius 3 is 2.64 bits per heavy atom. The van der Waals surface area contributed by atoms with Crippen LogP contribution in [0.15, 0.2) is 35.4 Å². The number of rotatable bonds is 2. The van der Waals surface area contributed by atoms with E-state index >= 15 is 0 Å². The molecule has 8 nitrogen and oxygen atoms in total. The first-order chi connectivity index (χ1) is 13.5. The van der Waals surface area contributed by atoms with Gasteiger partial charge in [0.2, 0.25) is 5.91 Å². The largest absolute Gasteiger partial charge is 0.347 e. The van der Waals surface area contributed by atoms with Crippen LogP contribution in [0.5, 0.6) is 0 Å². The molecule has 3 aromatic rings. The van der Waals surface area contributed by atoms with Crippen molar-refractivity contribution in [2.45, 2.75) is 25.2 Å². The fraction of sp³-hybridized carbons (Fsp3) is 0.421. The average Bonchev–Trinajstić information content (AvgIpc) is 3.29. The summed E-state index contributed by atoms with van der Waals surface area (Å²) in [4.78, 5) is 27.2. The summed E-state index contributed by atoms with van der Waals surface area (Å²) >= 11 is 0. The van der Waals surface area contributed by atoms with Gasteiger partial charge in [0.25, 0.3) is 5.56 Å². The number of hydrogen-bond acceptors (Lipinski definition) is 5. The molecule has 4 heterocycles. The molecule has 2 aromatic heterocycles. The van der Waals surface area contributed by atoms with E-state index < -0.39 is 5.79 Å². The fourth-order valence-electron chi connectivity index (χ4n) is 4.02. The standard InChI is InChI=1S/C19H19FN4O4/c20-14-1-2-15-13(9-14)10-16-18(26)24(21-12-23(15)16)11-17(25)22-5-3-19(4-6-22)27-7-8-28-19/h1-2,9-10,12H,3-8,11H2. The van der Waals surface area contributed by atoms with Gasteiger partial charge in [-0.15, -0.1) is 0 Å². The van der Waals surface area contributed by atoms with Gasteiger partial charge in [-0.25, -0.2) is 9.07 Å². The number of carbonyl (C=O) groups is 1. The molecular weight excluding hydrogens is 367 g/mol. The lowest BCUT2D eigenvalue weighted by Crippen LogP contribution is -2.48. The number of nitrogens with zero attached hydrogens (tertiary/aromatic N) is 4. The van der Waals surface area contributed by atoms with Crippen LogP contribution in [0.4, 0.5) is 4.39 Å². The van der Waals surface area contributed by atoms with Crippen LogP contribution >= 0.6 is 0 Å². The number of carbonyl (C=O) groups excluding carboxylic acids is 1. The van der Waals surface area contributed by atoms with Crippen molar-refractivity contribution >= 4 is 22.3 Å². The predicted molar refractivity (Wildman–Crippen MR) is 97.4 cm³/mol. The second-order valence-corrected chi connectivity index (χ2v) is 7.18. The van der Waals surface area contributed by atoms with E-state index in [9.17, 15) is 14.0 Å². The van der Waals surface area contributed by atoms with Crippen molar-refractivity contribution < 1.29 is 18.7 Å². The first-order valence-electron chi connectivity index (χ1n) is 9.27. The maximum Gasteiger partial charge on any atom is 0.291 e. The minimum atomic E-state index is -0.550. The molecule has 0 aliphatic carbocycles. The van der Waals surface area contributed by atoms with Gasteiger partial charge >= 0.3 is 0 Å². The molecule has 9 heteroatoms. The maximum atomic E-state index is 13.5. The van der Waals surface area contributed by atoms with Gasteiger partial charge in [0, 0.05) is 31.3 Å². The quantitative estimate of drug-likeness (QED) is 0.660. The summed E-state index contributed by atoms with van der Waals surface area (Å²) in [5.74, 6) is -1.09. The monoisotopic (exact) mass is 386 g/mol. The Morgan fingerprint density at radius 2 is 1.89 bits per heavy atom. The van der Waals surface area contributed by atoms with E-state index in [0.717, 1.165) is 4.68 Å². The highest BCUT2D eigenvalue weighted by Gasteiger charge is 2.40. The second-order valence-electron chi connectivity index (χ2n) is 7.18.